The molecule has 7 heteroatoms. The van der Waals surface area contributed by atoms with E-state index in [-0.39, 0.29) is 17.8 Å². The molecule has 0 fully saturated rings. The number of methoxy groups -OCH3 is 1. The van der Waals surface area contributed by atoms with Gasteiger partial charge in [0, 0.05) is 6.54 Å². The summed E-state index contributed by atoms with van der Waals surface area (Å²) in [6, 6.07) is 0. The van der Waals surface area contributed by atoms with Gasteiger partial charge in [-0.1, -0.05) is 0 Å². The molecule has 94 valence electrons. The molecule has 0 aromatic carbocycles. The van der Waals surface area contributed by atoms with E-state index < -0.39 is 30.2 Å². The minimum absolute atomic E-state index is 0.0621. The van der Waals surface area contributed by atoms with Gasteiger partial charge in [-0.15, -0.1) is 0 Å². The number of hydrogen-bond donors (Lipinski definition) is 1. The van der Waals surface area contributed by atoms with Gasteiger partial charge in [0.1, 0.15) is 0 Å². The van der Waals surface area contributed by atoms with Gasteiger partial charge < -0.3 is 10.5 Å². The number of nitrogens with zero attached hydrogens (tertiary/aromatic N) is 1. The molecule has 17 heavy (non-hydrogen) atoms. The monoisotopic (exact) mass is 248 g/mol. The second-order valence-corrected chi connectivity index (χ2v) is 3.20. The second-order valence-electron chi connectivity index (χ2n) is 3.20. The number of halogens is 3. The van der Waals surface area contributed by atoms with Gasteiger partial charge in [0.05, 0.1) is 31.0 Å². The maximum absolute atomic E-state index is 13.2. The number of carbonyl (C=O) groups is 1. The van der Waals surface area contributed by atoms with Gasteiger partial charge in [0.2, 0.25) is 0 Å². The van der Waals surface area contributed by atoms with Gasteiger partial charge in [-0.3, -0.25) is 9.78 Å². The molecule has 0 aliphatic rings. The van der Waals surface area contributed by atoms with Gasteiger partial charge in [0.15, 0.2) is 5.82 Å². The van der Waals surface area contributed by atoms with Gasteiger partial charge >= 0.3 is 5.97 Å². The summed E-state index contributed by atoms with van der Waals surface area (Å²) in [5.41, 5.74) is 4.33. The first-order chi connectivity index (χ1) is 8.01. The van der Waals surface area contributed by atoms with Crippen molar-refractivity contribution in [3.63, 3.8) is 0 Å². The Morgan fingerprint density at radius 1 is 1.59 bits per heavy atom. The summed E-state index contributed by atoms with van der Waals surface area (Å²) in [6.45, 7) is -0.160. The zero-order chi connectivity index (χ0) is 13.0. The lowest BCUT2D eigenvalue weighted by atomic mass is 10.0. The molecule has 0 spiro atoms. The van der Waals surface area contributed by atoms with Crippen LogP contribution in [0.4, 0.5) is 13.2 Å². The largest absolute Gasteiger partial charge is 0.469 e. The van der Waals surface area contributed by atoms with Crippen molar-refractivity contribution in [1.82, 2.24) is 4.98 Å². The molecular formula is C10H11F3N2O2. The van der Waals surface area contributed by atoms with E-state index in [2.05, 4.69) is 9.72 Å². The second kappa shape index (κ2) is 5.62. The molecule has 1 rings (SSSR count). The summed E-state index contributed by atoms with van der Waals surface area (Å²) >= 11 is 0. The fourth-order valence-corrected chi connectivity index (χ4v) is 1.41. The fourth-order valence-electron chi connectivity index (χ4n) is 1.41. The summed E-state index contributed by atoms with van der Waals surface area (Å²) in [4.78, 5) is 14.7. The Balaban J connectivity index is 3.29. The lowest BCUT2D eigenvalue weighted by molar-refractivity contribution is -0.139. The molecule has 0 atom stereocenters. The van der Waals surface area contributed by atoms with Crippen molar-refractivity contribution in [2.75, 3.05) is 7.11 Å². The summed E-state index contributed by atoms with van der Waals surface area (Å²) < 4.78 is 43.0. The predicted molar refractivity (Wildman–Crippen MR) is 52.8 cm³/mol. The van der Waals surface area contributed by atoms with Crippen LogP contribution in [0.5, 0.6) is 0 Å². The van der Waals surface area contributed by atoms with Gasteiger partial charge in [0.25, 0.3) is 6.43 Å². The van der Waals surface area contributed by atoms with Crippen molar-refractivity contribution in [2.45, 2.75) is 19.4 Å². The molecule has 1 heterocycles. The standard InChI is InChI=1S/C10H11F3N2O2/c1-17-8(16)2-5-7(3-14)15-4-6(11)9(5)10(12)13/h4,10H,2-3,14H2,1H3. The highest BCUT2D eigenvalue weighted by molar-refractivity contribution is 5.73. The van der Waals surface area contributed by atoms with E-state index in [0.717, 1.165) is 7.11 Å². The first-order valence-electron chi connectivity index (χ1n) is 4.72. The minimum atomic E-state index is -3.04. The molecule has 0 saturated carbocycles. The Bertz CT molecular complexity index is 424. The Morgan fingerprint density at radius 3 is 2.71 bits per heavy atom. The molecule has 0 bridgehead atoms. The van der Waals surface area contributed by atoms with Crippen molar-refractivity contribution in [3.05, 3.63) is 28.8 Å². The average molecular weight is 248 g/mol. The van der Waals surface area contributed by atoms with Crippen LogP contribution in [-0.2, 0) is 22.5 Å². The van der Waals surface area contributed by atoms with Crippen LogP contribution in [0.15, 0.2) is 6.20 Å². The van der Waals surface area contributed by atoms with Gasteiger partial charge in [-0.25, -0.2) is 13.2 Å². The van der Waals surface area contributed by atoms with Crippen LogP contribution in [0.2, 0.25) is 0 Å². The molecule has 0 amide bonds. The third-order valence-corrected chi connectivity index (χ3v) is 2.22. The van der Waals surface area contributed by atoms with E-state index in [1.54, 1.807) is 0 Å². The molecule has 0 saturated heterocycles. The fraction of sp³-hybridized carbons (Fsp3) is 0.400. The van der Waals surface area contributed by atoms with Crippen LogP contribution in [-0.4, -0.2) is 18.1 Å². The summed E-state index contributed by atoms with van der Waals surface area (Å²) in [7, 11) is 1.11. The molecule has 2 N–H and O–H groups in total. The molecular weight excluding hydrogens is 237 g/mol. The van der Waals surface area contributed by atoms with Gasteiger partial charge in [-0.2, -0.15) is 0 Å². The number of nitrogens with two attached hydrogens (primary N) is 1. The van der Waals surface area contributed by atoms with Crippen molar-refractivity contribution in [3.8, 4) is 0 Å². The number of hydrogen-bond acceptors (Lipinski definition) is 4. The smallest absolute Gasteiger partial charge is 0.310 e. The lowest BCUT2D eigenvalue weighted by Gasteiger charge is -2.12. The van der Waals surface area contributed by atoms with E-state index in [0.29, 0.717) is 6.20 Å². The number of esters is 1. The predicted octanol–water partition coefficient (Wildman–Crippen LogP) is 1.33. The highest BCUT2D eigenvalue weighted by atomic mass is 19.3. The molecule has 1 aromatic heterocycles. The van der Waals surface area contributed by atoms with Crippen molar-refractivity contribution in [2.24, 2.45) is 5.73 Å². The topological polar surface area (TPSA) is 65.2 Å². The average Bonchev–Trinajstić information content (AvgIpc) is 2.28. The van der Waals surface area contributed by atoms with E-state index in [4.69, 9.17) is 5.73 Å². The first-order valence-corrected chi connectivity index (χ1v) is 4.72. The summed E-state index contributed by atoms with van der Waals surface area (Å²) in [6.07, 6.45) is -2.85. The van der Waals surface area contributed by atoms with Crippen LogP contribution in [0.1, 0.15) is 23.2 Å². The number of carbonyl (C=O) groups excluding carboxylic acids is 1. The van der Waals surface area contributed by atoms with Crippen molar-refractivity contribution in [1.29, 1.82) is 0 Å². The van der Waals surface area contributed by atoms with Crippen LogP contribution in [0.25, 0.3) is 0 Å². The Hall–Kier alpha value is -1.63. The maximum Gasteiger partial charge on any atom is 0.310 e. The van der Waals surface area contributed by atoms with Crippen LogP contribution in [0.3, 0.4) is 0 Å². The van der Waals surface area contributed by atoms with E-state index in [1.165, 1.54) is 0 Å². The van der Waals surface area contributed by atoms with Crippen LogP contribution >= 0.6 is 0 Å². The lowest BCUT2D eigenvalue weighted by Crippen LogP contribution is -2.15. The van der Waals surface area contributed by atoms with Crippen LogP contribution in [0, 0.1) is 5.82 Å². The Labute approximate surface area is 95.6 Å². The zero-order valence-corrected chi connectivity index (χ0v) is 9.04. The molecule has 0 aliphatic carbocycles. The number of pyridine rings is 1. The Kier molecular flexibility index (Phi) is 4.45. The molecule has 1 aromatic rings. The quantitative estimate of drug-likeness (QED) is 0.816. The molecule has 0 aliphatic heterocycles. The maximum atomic E-state index is 13.2. The normalized spacial score (nSPS) is 10.7. The Morgan fingerprint density at radius 2 is 2.24 bits per heavy atom. The molecule has 0 unspecified atom stereocenters. The van der Waals surface area contributed by atoms with E-state index in [1.807, 2.05) is 0 Å². The van der Waals surface area contributed by atoms with E-state index in [9.17, 15) is 18.0 Å². The van der Waals surface area contributed by atoms with Crippen molar-refractivity contribution >= 4 is 5.97 Å². The summed E-state index contributed by atoms with van der Waals surface area (Å²) in [5, 5.41) is 0. The van der Waals surface area contributed by atoms with E-state index >= 15 is 0 Å². The highest BCUT2D eigenvalue weighted by Crippen LogP contribution is 2.27. The third-order valence-electron chi connectivity index (χ3n) is 2.22. The number of rotatable bonds is 4. The molecule has 0 radical (unpaired) electrons. The highest BCUT2D eigenvalue weighted by Gasteiger charge is 2.23. The molecule has 4 nitrogen and oxygen atoms in total. The van der Waals surface area contributed by atoms with Gasteiger partial charge in [-0.05, 0) is 5.56 Å². The summed E-state index contributed by atoms with van der Waals surface area (Å²) in [5.74, 6) is -1.91. The van der Waals surface area contributed by atoms with Crippen molar-refractivity contribution < 1.29 is 22.7 Å². The number of aromatic nitrogens is 1. The van der Waals surface area contributed by atoms with Crippen LogP contribution < -0.4 is 5.73 Å². The zero-order valence-electron chi connectivity index (χ0n) is 9.04. The number of alkyl halides is 2. The third kappa shape index (κ3) is 2.94. The SMILES string of the molecule is COC(=O)Cc1c(CN)ncc(F)c1C(F)F. The number of ether oxygens (including phenoxy) is 1. The first kappa shape index (κ1) is 13.4. The minimum Gasteiger partial charge on any atom is -0.469 e.